The highest BCUT2D eigenvalue weighted by Crippen LogP contribution is 2.02. The summed E-state index contributed by atoms with van der Waals surface area (Å²) in [6.45, 7) is 3.71. The molecule has 0 saturated heterocycles. The molecule has 0 aliphatic carbocycles. The Labute approximate surface area is 101 Å². The van der Waals surface area contributed by atoms with Gasteiger partial charge in [0, 0.05) is 18.3 Å². The van der Waals surface area contributed by atoms with Gasteiger partial charge in [0.1, 0.15) is 5.84 Å². The fraction of sp³-hybridized carbons (Fsp3) is 0.231. The van der Waals surface area contributed by atoms with Gasteiger partial charge in [0.2, 0.25) is 0 Å². The number of benzene rings is 1. The van der Waals surface area contributed by atoms with E-state index in [9.17, 15) is 4.79 Å². The van der Waals surface area contributed by atoms with E-state index in [1.165, 1.54) is 0 Å². The van der Waals surface area contributed by atoms with Crippen LogP contribution in [0.2, 0.25) is 0 Å². The van der Waals surface area contributed by atoms with E-state index in [-0.39, 0.29) is 5.91 Å². The molecule has 3 N–H and O–H groups in total. The van der Waals surface area contributed by atoms with Gasteiger partial charge in [-0.3, -0.25) is 9.79 Å². The van der Waals surface area contributed by atoms with Crippen molar-refractivity contribution in [2.45, 2.75) is 13.8 Å². The number of carbonyl (C=O) groups is 1. The molecule has 1 rings (SSSR count). The highest BCUT2D eigenvalue weighted by Gasteiger charge is 2.06. The van der Waals surface area contributed by atoms with E-state index in [0.717, 1.165) is 5.56 Å². The molecule has 1 amide bonds. The minimum absolute atomic E-state index is 0.192. The SMILES string of the molecule is CN=C(C=C(C)N)NC(=O)c1ccc(C)cc1. The number of carbonyl (C=O) groups excluding carboxylic acids is 1. The number of amides is 1. The lowest BCUT2D eigenvalue weighted by Gasteiger charge is -2.05. The number of rotatable bonds is 2. The summed E-state index contributed by atoms with van der Waals surface area (Å²) in [4.78, 5) is 15.8. The molecular weight excluding hydrogens is 214 g/mol. The zero-order valence-electron chi connectivity index (χ0n) is 10.3. The van der Waals surface area contributed by atoms with E-state index in [2.05, 4.69) is 10.3 Å². The summed E-state index contributed by atoms with van der Waals surface area (Å²) in [6, 6.07) is 7.33. The minimum Gasteiger partial charge on any atom is -0.402 e. The standard InChI is InChI=1S/C13H17N3O/c1-9-4-6-11(7-5-9)13(17)16-12(15-3)8-10(2)14/h4-8H,14H2,1-3H3,(H,15,16,17). The Kier molecular flexibility index (Phi) is 4.46. The Morgan fingerprint density at radius 2 is 1.94 bits per heavy atom. The van der Waals surface area contributed by atoms with Gasteiger partial charge in [0.15, 0.2) is 0 Å². The van der Waals surface area contributed by atoms with Crippen LogP contribution in [-0.4, -0.2) is 18.8 Å². The van der Waals surface area contributed by atoms with E-state index in [4.69, 9.17) is 5.73 Å². The van der Waals surface area contributed by atoms with Crippen LogP contribution in [0, 0.1) is 6.92 Å². The summed E-state index contributed by atoms with van der Waals surface area (Å²) >= 11 is 0. The molecule has 90 valence electrons. The molecule has 4 heteroatoms. The monoisotopic (exact) mass is 231 g/mol. The van der Waals surface area contributed by atoms with Crippen molar-refractivity contribution in [2.24, 2.45) is 10.7 Å². The first kappa shape index (κ1) is 13.0. The quantitative estimate of drug-likeness (QED) is 0.600. The Morgan fingerprint density at radius 1 is 1.35 bits per heavy atom. The zero-order chi connectivity index (χ0) is 12.8. The first-order valence-corrected chi connectivity index (χ1v) is 5.31. The molecule has 0 fully saturated rings. The lowest BCUT2D eigenvalue weighted by Crippen LogP contribution is -2.29. The molecular formula is C13H17N3O. The topological polar surface area (TPSA) is 67.5 Å². The average Bonchev–Trinajstić information content (AvgIpc) is 2.28. The third-order valence-corrected chi connectivity index (χ3v) is 2.16. The first-order valence-electron chi connectivity index (χ1n) is 5.31. The maximum atomic E-state index is 11.8. The summed E-state index contributed by atoms with van der Waals surface area (Å²) in [7, 11) is 1.60. The van der Waals surface area contributed by atoms with E-state index in [0.29, 0.717) is 17.1 Å². The van der Waals surface area contributed by atoms with Gasteiger partial charge in [-0.1, -0.05) is 17.7 Å². The number of nitrogens with zero attached hydrogens (tertiary/aromatic N) is 1. The van der Waals surface area contributed by atoms with E-state index in [1.807, 2.05) is 19.1 Å². The van der Waals surface area contributed by atoms with Crippen molar-refractivity contribution in [3.63, 3.8) is 0 Å². The Bertz CT molecular complexity index is 454. The molecule has 4 nitrogen and oxygen atoms in total. The minimum atomic E-state index is -0.192. The molecule has 0 atom stereocenters. The molecule has 0 saturated carbocycles. The Balaban J connectivity index is 2.79. The van der Waals surface area contributed by atoms with E-state index >= 15 is 0 Å². The Hall–Kier alpha value is -2.10. The van der Waals surface area contributed by atoms with Crippen molar-refractivity contribution in [3.8, 4) is 0 Å². The number of amidine groups is 1. The third kappa shape index (κ3) is 4.10. The summed E-state index contributed by atoms with van der Waals surface area (Å²) in [5.74, 6) is 0.263. The van der Waals surface area contributed by atoms with Crippen molar-refractivity contribution in [3.05, 3.63) is 47.2 Å². The number of nitrogens with two attached hydrogens (primary N) is 1. The molecule has 0 bridgehead atoms. The molecule has 1 aromatic carbocycles. The molecule has 1 aromatic rings. The maximum absolute atomic E-state index is 11.8. The Morgan fingerprint density at radius 3 is 2.41 bits per heavy atom. The third-order valence-electron chi connectivity index (χ3n) is 2.16. The molecule has 0 spiro atoms. The van der Waals surface area contributed by atoms with Crippen LogP contribution >= 0.6 is 0 Å². The highest BCUT2D eigenvalue weighted by molar-refractivity contribution is 6.10. The molecule has 0 radical (unpaired) electrons. The van der Waals surface area contributed by atoms with Gasteiger partial charge in [0.25, 0.3) is 5.91 Å². The van der Waals surface area contributed by atoms with Crippen LogP contribution < -0.4 is 11.1 Å². The van der Waals surface area contributed by atoms with Gasteiger partial charge >= 0.3 is 0 Å². The van der Waals surface area contributed by atoms with Crippen molar-refractivity contribution >= 4 is 11.7 Å². The normalized spacial score (nSPS) is 12.4. The number of aliphatic imine (C=N–C) groups is 1. The first-order chi connectivity index (χ1) is 8.02. The molecule has 0 aliphatic rings. The molecule has 17 heavy (non-hydrogen) atoms. The number of aryl methyl sites for hydroxylation is 1. The second-order valence-corrected chi connectivity index (χ2v) is 3.82. The zero-order valence-corrected chi connectivity index (χ0v) is 10.3. The van der Waals surface area contributed by atoms with Crippen LogP contribution in [0.1, 0.15) is 22.8 Å². The molecule has 0 aliphatic heterocycles. The summed E-state index contributed by atoms with van der Waals surface area (Å²) in [5, 5.41) is 2.69. The summed E-state index contributed by atoms with van der Waals surface area (Å²) in [6.07, 6.45) is 1.62. The largest absolute Gasteiger partial charge is 0.402 e. The van der Waals surface area contributed by atoms with E-state index in [1.54, 1.807) is 32.2 Å². The second kappa shape index (κ2) is 5.84. The number of nitrogens with one attached hydrogen (secondary N) is 1. The van der Waals surface area contributed by atoms with Crippen LogP contribution in [-0.2, 0) is 0 Å². The van der Waals surface area contributed by atoms with Gasteiger partial charge in [-0.25, -0.2) is 0 Å². The van der Waals surface area contributed by atoms with Gasteiger partial charge in [0.05, 0.1) is 0 Å². The van der Waals surface area contributed by atoms with Crippen molar-refractivity contribution in [1.29, 1.82) is 0 Å². The maximum Gasteiger partial charge on any atom is 0.256 e. The fourth-order valence-electron chi connectivity index (χ4n) is 1.27. The van der Waals surface area contributed by atoms with Crippen molar-refractivity contribution < 1.29 is 4.79 Å². The lowest BCUT2D eigenvalue weighted by atomic mass is 10.1. The van der Waals surface area contributed by atoms with Crippen molar-refractivity contribution in [1.82, 2.24) is 5.32 Å². The van der Waals surface area contributed by atoms with Crippen LogP contribution in [0.25, 0.3) is 0 Å². The van der Waals surface area contributed by atoms with Crippen LogP contribution in [0.5, 0.6) is 0 Å². The van der Waals surface area contributed by atoms with Crippen LogP contribution in [0.3, 0.4) is 0 Å². The van der Waals surface area contributed by atoms with E-state index < -0.39 is 0 Å². The van der Waals surface area contributed by atoms with Crippen LogP contribution in [0.4, 0.5) is 0 Å². The lowest BCUT2D eigenvalue weighted by molar-refractivity contribution is 0.0977. The molecule has 0 heterocycles. The molecule has 0 unspecified atom stereocenters. The van der Waals surface area contributed by atoms with Gasteiger partial charge in [-0.15, -0.1) is 0 Å². The van der Waals surface area contributed by atoms with Gasteiger partial charge < -0.3 is 11.1 Å². The summed E-state index contributed by atoms with van der Waals surface area (Å²) in [5.41, 5.74) is 7.84. The van der Waals surface area contributed by atoms with Crippen molar-refractivity contribution in [2.75, 3.05) is 7.05 Å². The van der Waals surface area contributed by atoms with Crippen LogP contribution in [0.15, 0.2) is 41.0 Å². The number of hydrogen-bond donors (Lipinski definition) is 2. The summed E-state index contributed by atoms with van der Waals surface area (Å²) < 4.78 is 0. The predicted molar refractivity (Wildman–Crippen MR) is 69.9 cm³/mol. The number of hydrogen-bond acceptors (Lipinski definition) is 3. The van der Waals surface area contributed by atoms with Gasteiger partial charge in [-0.2, -0.15) is 0 Å². The predicted octanol–water partition coefficient (Wildman–Crippen LogP) is 1.62. The highest BCUT2D eigenvalue weighted by atomic mass is 16.1. The van der Waals surface area contributed by atoms with Gasteiger partial charge in [-0.05, 0) is 32.1 Å². The fourth-order valence-corrected chi connectivity index (χ4v) is 1.27. The smallest absolute Gasteiger partial charge is 0.256 e. The second-order valence-electron chi connectivity index (χ2n) is 3.82. The molecule has 0 aromatic heterocycles. The number of allylic oxidation sites excluding steroid dienone is 1. The average molecular weight is 231 g/mol.